The predicted octanol–water partition coefficient (Wildman–Crippen LogP) is 2.44. The minimum Gasteiger partial charge on any atom is -0.382 e. The maximum atomic E-state index is 9.59. The first kappa shape index (κ1) is 21.2. The number of aliphatic imine (C=N–C) groups is 1. The number of hydrogen-bond donors (Lipinski definition) is 3. The molecule has 1 aromatic carbocycles. The fraction of sp³-hybridized carbons (Fsp3) is 0.522. The lowest BCUT2D eigenvalue weighted by molar-refractivity contribution is 0.0992. The smallest absolute Gasteiger partial charge is 0.191 e. The van der Waals surface area contributed by atoms with Crippen LogP contribution in [0.1, 0.15) is 49.4 Å². The van der Waals surface area contributed by atoms with Gasteiger partial charge in [0.05, 0.1) is 29.6 Å². The van der Waals surface area contributed by atoms with Crippen LogP contribution in [0.3, 0.4) is 0 Å². The molecule has 4 rings (SSSR count). The molecule has 0 spiro atoms. The quantitative estimate of drug-likeness (QED) is 0.360. The maximum Gasteiger partial charge on any atom is 0.191 e. The Labute approximate surface area is 183 Å². The van der Waals surface area contributed by atoms with Crippen molar-refractivity contribution in [2.45, 2.75) is 64.2 Å². The number of nitrogen functional groups attached to an aromatic ring is 1. The van der Waals surface area contributed by atoms with Crippen LogP contribution in [0.25, 0.3) is 5.69 Å². The molecule has 2 aliphatic heterocycles. The van der Waals surface area contributed by atoms with E-state index in [2.05, 4.69) is 28.7 Å². The molecule has 31 heavy (non-hydrogen) atoms. The monoisotopic (exact) mass is 421 g/mol. The molecule has 3 atom stereocenters. The number of guanidine groups is 1. The van der Waals surface area contributed by atoms with Crippen LogP contribution in [0.15, 0.2) is 29.3 Å². The summed E-state index contributed by atoms with van der Waals surface area (Å²) in [5.41, 5.74) is 9.41. The SMILES string of the molecule is CCNC(=NCCCc1nn(-c2ccc(C)cc2)c(N)c1C#N)NC1CC2CCC1O2. The molecule has 8 heteroatoms. The molecule has 0 radical (unpaired) electrons. The van der Waals surface area contributed by atoms with Gasteiger partial charge in [-0.2, -0.15) is 10.4 Å². The van der Waals surface area contributed by atoms with E-state index in [0.717, 1.165) is 48.7 Å². The summed E-state index contributed by atoms with van der Waals surface area (Å²) in [4.78, 5) is 4.72. The Morgan fingerprint density at radius 1 is 1.35 bits per heavy atom. The molecular weight excluding hydrogens is 390 g/mol. The summed E-state index contributed by atoms with van der Waals surface area (Å²) in [6.07, 6.45) is 5.50. The van der Waals surface area contributed by atoms with Crippen molar-refractivity contribution in [1.82, 2.24) is 20.4 Å². The highest BCUT2D eigenvalue weighted by molar-refractivity contribution is 5.80. The lowest BCUT2D eigenvalue weighted by Crippen LogP contribution is -2.47. The molecule has 2 aromatic rings. The van der Waals surface area contributed by atoms with Crippen LogP contribution in [-0.2, 0) is 11.2 Å². The number of hydrogen-bond acceptors (Lipinski definition) is 5. The lowest BCUT2D eigenvalue weighted by atomic mass is 9.96. The summed E-state index contributed by atoms with van der Waals surface area (Å²) in [7, 11) is 0. The van der Waals surface area contributed by atoms with E-state index in [1.54, 1.807) is 4.68 Å². The van der Waals surface area contributed by atoms with Crippen molar-refractivity contribution in [3.63, 3.8) is 0 Å². The van der Waals surface area contributed by atoms with Gasteiger partial charge in [0, 0.05) is 13.1 Å². The van der Waals surface area contributed by atoms with Gasteiger partial charge in [-0.25, -0.2) is 4.68 Å². The van der Waals surface area contributed by atoms with Crippen LogP contribution in [0.2, 0.25) is 0 Å². The van der Waals surface area contributed by atoms with Crippen LogP contribution in [0.4, 0.5) is 5.82 Å². The van der Waals surface area contributed by atoms with Gasteiger partial charge in [-0.3, -0.25) is 4.99 Å². The van der Waals surface area contributed by atoms with Crippen molar-refractivity contribution in [3.8, 4) is 11.8 Å². The second-order valence-electron chi connectivity index (χ2n) is 8.29. The maximum absolute atomic E-state index is 9.59. The molecule has 3 heterocycles. The van der Waals surface area contributed by atoms with Crippen molar-refractivity contribution >= 4 is 11.8 Å². The summed E-state index contributed by atoms with van der Waals surface area (Å²) < 4.78 is 7.58. The Morgan fingerprint density at radius 2 is 2.16 bits per heavy atom. The molecule has 3 unspecified atom stereocenters. The minimum absolute atomic E-state index is 0.306. The highest BCUT2D eigenvalue weighted by Gasteiger charge is 2.41. The predicted molar refractivity (Wildman–Crippen MR) is 121 cm³/mol. The number of rotatable bonds is 7. The average Bonchev–Trinajstić information content (AvgIpc) is 3.46. The fourth-order valence-electron chi connectivity index (χ4n) is 4.38. The third-order valence-electron chi connectivity index (χ3n) is 6.00. The number of nitriles is 1. The first-order valence-electron chi connectivity index (χ1n) is 11.1. The van der Waals surface area contributed by atoms with E-state index in [0.29, 0.717) is 42.6 Å². The topological polar surface area (TPSA) is 113 Å². The summed E-state index contributed by atoms with van der Waals surface area (Å²) in [6, 6.07) is 10.5. The van der Waals surface area contributed by atoms with Gasteiger partial charge in [-0.05, 0) is 58.1 Å². The van der Waals surface area contributed by atoms with Crippen molar-refractivity contribution in [3.05, 3.63) is 41.1 Å². The van der Waals surface area contributed by atoms with Crippen molar-refractivity contribution < 1.29 is 4.74 Å². The largest absolute Gasteiger partial charge is 0.382 e. The van der Waals surface area contributed by atoms with Gasteiger partial charge in [0.2, 0.25) is 0 Å². The van der Waals surface area contributed by atoms with Crippen LogP contribution < -0.4 is 16.4 Å². The van der Waals surface area contributed by atoms with Gasteiger partial charge in [-0.1, -0.05) is 17.7 Å². The van der Waals surface area contributed by atoms with E-state index in [1.165, 1.54) is 6.42 Å². The zero-order chi connectivity index (χ0) is 21.8. The Morgan fingerprint density at radius 3 is 2.81 bits per heavy atom. The van der Waals surface area contributed by atoms with Gasteiger partial charge >= 0.3 is 0 Å². The first-order chi connectivity index (χ1) is 15.1. The zero-order valence-corrected chi connectivity index (χ0v) is 18.3. The third-order valence-corrected chi connectivity index (χ3v) is 6.00. The van der Waals surface area contributed by atoms with Gasteiger partial charge < -0.3 is 21.1 Å². The number of anilines is 1. The normalized spacial score (nSPS) is 22.5. The van der Waals surface area contributed by atoms with E-state index in [9.17, 15) is 5.26 Å². The van der Waals surface area contributed by atoms with Crippen molar-refractivity contribution in [1.29, 1.82) is 5.26 Å². The number of nitrogens with zero attached hydrogens (tertiary/aromatic N) is 4. The van der Waals surface area contributed by atoms with Crippen molar-refractivity contribution in [2.75, 3.05) is 18.8 Å². The molecule has 2 fully saturated rings. The standard InChI is InChI=1S/C23H31N7O/c1-3-26-23(28-20-13-17-10-11-21(20)31-17)27-12-4-5-19-18(14-24)22(25)30(29-19)16-8-6-15(2)7-9-16/h6-9,17,20-21H,3-5,10-13,25H2,1-2H3,(H2,26,27,28). The first-order valence-corrected chi connectivity index (χ1v) is 11.1. The lowest BCUT2D eigenvalue weighted by Gasteiger charge is -2.22. The van der Waals surface area contributed by atoms with Crippen LogP contribution in [0.5, 0.6) is 0 Å². The Kier molecular flexibility index (Phi) is 6.42. The molecule has 8 nitrogen and oxygen atoms in total. The van der Waals surface area contributed by atoms with Gasteiger partial charge in [0.1, 0.15) is 17.5 Å². The number of fused-ring (bicyclic) bond motifs is 2. The van der Waals surface area contributed by atoms with E-state index >= 15 is 0 Å². The summed E-state index contributed by atoms with van der Waals surface area (Å²) in [6.45, 7) is 5.54. The Hall–Kier alpha value is -3.05. The van der Waals surface area contributed by atoms with Crippen LogP contribution in [-0.4, -0.2) is 47.1 Å². The molecule has 2 saturated heterocycles. The summed E-state index contributed by atoms with van der Waals surface area (Å²) in [5, 5.41) is 21.1. The van der Waals surface area contributed by atoms with Gasteiger partial charge in [-0.15, -0.1) is 0 Å². The average molecular weight is 422 g/mol. The number of nitrogens with two attached hydrogens (primary N) is 1. The minimum atomic E-state index is 0.306. The van der Waals surface area contributed by atoms with E-state index < -0.39 is 0 Å². The van der Waals surface area contributed by atoms with E-state index in [-0.39, 0.29) is 0 Å². The number of nitrogens with one attached hydrogen (secondary N) is 2. The molecule has 0 aliphatic carbocycles. The third kappa shape index (κ3) is 4.67. The number of ether oxygens (including phenoxy) is 1. The molecule has 0 saturated carbocycles. The van der Waals surface area contributed by atoms with Crippen molar-refractivity contribution in [2.24, 2.45) is 4.99 Å². The number of aromatic nitrogens is 2. The molecule has 1 aromatic heterocycles. The summed E-state index contributed by atoms with van der Waals surface area (Å²) >= 11 is 0. The zero-order valence-electron chi connectivity index (χ0n) is 18.3. The second-order valence-corrected chi connectivity index (χ2v) is 8.29. The molecule has 164 valence electrons. The Bertz CT molecular complexity index is 973. The second kappa shape index (κ2) is 9.40. The Balaban J connectivity index is 1.38. The highest BCUT2D eigenvalue weighted by atomic mass is 16.5. The molecule has 4 N–H and O–H groups in total. The number of aryl methyl sites for hydroxylation is 2. The fourth-order valence-corrected chi connectivity index (χ4v) is 4.38. The van der Waals surface area contributed by atoms with E-state index in [1.807, 2.05) is 31.2 Å². The van der Waals surface area contributed by atoms with Gasteiger partial charge in [0.15, 0.2) is 5.96 Å². The van der Waals surface area contributed by atoms with Gasteiger partial charge in [0.25, 0.3) is 0 Å². The van der Waals surface area contributed by atoms with Crippen LogP contribution in [0, 0.1) is 18.3 Å². The van der Waals surface area contributed by atoms with Crippen LogP contribution >= 0.6 is 0 Å². The van der Waals surface area contributed by atoms with E-state index in [4.69, 9.17) is 15.5 Å². The highest BCUT2D eigenvalue weighted by Crippen LogP contribution is 2.34. The summed E-state index contributed by atoms with van der Waals surface area (Å²) in [5.74, 6) is 1.21. The molecule has 2 aliphatic rings. The molecule has 0 amide bonds. The molecular formula is C23H31N7O. The number of benzene rings is 1. The molecule has 2 bridgehead atoms.